The van der Waals surface area contributed by atoms with Crippen molar-refractivity contribution in [2.75, 3.05) is 6.54 Å². The van der Waals surface area contributed by atoms with Crippen LogP contribution in [-0.4, -0.2) is 21.0 Å². The van der Waals surface area contributed by atoms with Crippen molar-refractivity contribution >= 4 is 10.0 Å². The van der Waals surface area contributed by atoms with Crippen molar-refractivity contribution in [2.24, 2.45) is 0 Å². The zero-order chi connectivity index (χ0) is 14.5. The van der Waals surface area contributed by atoms with Crippen LogP contribution in [0.1, 0.15) is 32.8 Å². The highest BCUT2D eigenvalue weighted by atomic mass is 32.2. The van der Waals surface area contributed by atoms with Gasteiger partial charge in [0.15, 0.2) is 0 Å². The molecule has 0 aliphatic rings. The third-order valence-electron chi connectivity index (χ3n) is 2.43. The number of sulfonamides is 1. The molecule has 0 bridgehead atoms. The highest BCUT2D eigenvalue weighted by Crippen LogP contribution is 2.16. The van der Waals surface area contributed by atoms with Crippen molar-refractivity contribution in [3.05, 3.63) is 29.6 Å². The summed E-state index contributed by atoms with van der Waals surface area (Å²) in [6.45, 7) is 6.80. The Bertz CT molecular complexity index is 515. The third-order valence-corrected chi connectivity index (χ3v) is 4.12. The van der Waals surface area contributed by atoms with Crippen molar-refractivity contribution in [3.63, 3.8) is 0 Å². The van der Waals surface area contributed by atoms with Gasteiger partial charge in [0.2, 0.25) is 10.0 Å². The average molecular weight is 288 g/mol. The topological polar surface area (TPSA) is 58.2 Å². The monoisotopic (exact) mass is 288 g/mol. The van der Waals surface area contributed by atoms with E-state index in [-0.39, 0.29) is 10.9 Å². The van der Waals surface area contributed by atoms with E-state index >= 15 is 0 Å². The normalized spacial score (nSPS) is 12.1. The number of benzene rings is 1. The lowest BCUT2D eigenvalue weighted by molar-refractivity contribution is 0.547. The van der Waals surface area contributed by atoms with Gasteiger partial charge in [-0.2, -0.15) is 0 Å². The quantitative estimate of drug-likeness (QED) is 0.755. The number of hydrogen-bond acceptors (Lipinski definition) is 3. The van der Waals surface area contributed by atoms with Crippen LogP contribution in [0.5, 0.6) is 0 Å². The molecular formula is C13H21FN2O2S. The van der Waals surface area contributed by atoms with Gasteiger partial charge in [0.05, 0.1) is 0 Å². The highest BCUT2D eigenvalue weighted by molar-refractivity contribution is 7.89. The maximum atomic E-state index is 13.9. The molecule has 1 aromatic rings. The molecule has 108 valence electrons. The Morgan fingerprint density at radius 3 is 2.53 bits per heavy atom. The van der Waals surface area contributed by atoms with Crippen molar-refractivity contribution < 1.29 is 12.8 Å². The van der Waals surface area contributed by atoms with Gasteiger partial charge < -0.3 is 5.32 Å². The lowest BCUT2D eigenvalue weighted by Crippen LogP contribution is -2.30. The summed E-state index contributed by atoms with van der Waals surface area (Å²) in [5.41, 5.74) is 0.731. The van der Waals surface area contributed by atoms with Crippen LogP contribution in [0.4, 0.5) is 4.39 Å². The van der Waals surface area contributed by atoms with Crippen molar-refractivity contribution in [2.45, 2.75) is 44.7 Å². The van der Waals surface area contributed by atoms with E-state index in [2.05, 4.69) is 10.0 Å². The molecule has 0 fully saturated rings. The fourth-order valence-corrected chi connectivity index (χ4v) is 2.97. The second-order valence-corrected chi connectivity index (χ2v) is 6.40. The molecule has 1 rings (SSSR count). The number of hydrogen-bond donors (Lipinski definition) is 2. The van der Waals surface area contributed by atoms with Gasteiger partial charge in [-0.3, -0.25) is 0 Å². The van der Waals surface area contributed by atoms with E-state index in [9.17, 15) is 12.8 Å². The highest BCUT2D eigenvalue weighted by Gasteiger charge is 2.19. The molecule has 2 N–H and O–H groups in total. The Kier molecular flexibility index (Phi) is 5.90. The van der Waals surface area contributed by atoms with Gasteiger partial charge >= 0.3 is 0 Å². The van der Waals surface area contributed by atoms with Crippen LogP contribution in [0.15, 0.2) is 23.1 Å². The molecule has 0 atom stereocenters. The molecule has 0 aliphatic heterocycles. The Hall–Kier alpha value is -0.980. The fourth-order valence-electron chi connectivity index (χ4n) is 1.66. The number of halogens is 1. The van der Waals surface area contributed by atoms with Gasteiger partial charge in [-0.1, -0.05) is 13.0 Å². The van der Waals surface area contributed by atoms with E-state index in [4.69, 9.17) is 0 Å². The molecule has 0 heterocycles. The van der Waals surface area contributed by atoms with Crippen LogP contribution >= 0.6 is 0 Å². The van der Waals surface area contributed by atoms with Crippen LogP contribution in [0, 0.1) is 5.82 Å². The molecular weight excluding hydrogens is 267 g/mol. The van der Waals surface area contributed by atoms with Gasteiger partial charge in [0.25, 0.3) is 0 Å². The van der Waals surface area contributed by atoms with Gasteiger partial charge in [-0.15, -0.1) is 0 Å². The fraction of sp³-hybridized carbons (Fsp3) is 0.538. The lowest BCUT2D eigenvalue weighted by atomic mass is 10.2. The number of nitrogens with one attached hydrogen (secondary N) is 2. The average Bonchev–Trinajstić information content (AvgIpc) is 2.27. The molecule has 0 saturated heterocycles. The van der Waals surface area contributed by atoms with E-state index in [1.54, 1.807) is 19.9 Å². The minimum Gasteiger partial charge on any atom is -0.313 e. The SMILES string of the molecule is CCCNCc1ccc(S(=O)(=O)NC(C)C)c(F)c1. The van der Waals surface area contributed by atoms with Crippen LogP contribution in [-0.2, 0) is 16.6 Å². The molecule has 6 heteroatoms. The van der Waals surface area contributed by atoms with Gasteiger partial charge in [0, 0.05) is 12.6 Å². The summed E-state index contributed by atoms with van der Waals surface area (Å²) in [5, 5.41) is 3.14. The first-order chi connectivity index (χ1) is 8.86. The first kappa shape index (κ1) is 16.1. The van der Waals surface area contributed by atoms with E-state index < -0.39 is 15.8 Å². The number of rotatable bonds is 7. The van der Waals surface area contributed by atoms with Crippen LogP contribution in [0.2, 0.25) is 0 Å². The van der Waals surface area contributed by atoms with Crippen molar-refractivity contribution in [1.82, 2.24) is 10.0 Å². The minimum atomic E-state index is -3.78. The van der Waals surface area contributed by atoms with Gasteiger partial charge in [-0.05, 0) is 44.5 Å². The predicted octanol–water partition coefficient (Wildman–Crippen LogP) is 2.01. The maximum Gasteiger partial charge on any atom is 0.243 e. The van der Waals surface area contributed by atoms with E-state index in [0.29, 0.717) is 6.54 Å². The van der Waals surface area contributed by atoms with E-state index in [1.807, 2.05) is 6.92 Å². The van der Waals surface area contributed by atoms with E-state index in [0.717, 1.165) is 18.5 Å². The van der Waals surface area contributed by atoms with E-state index in [1.165, 1.54) is 12.1 Å². The molecule has 0 aromatic heterocycles. The second kappa shape index (κ2) is 6.98. The van der Waals surface area contributed by atoms with Crippen molar-refractivity contribution in [1.29, 1.82) is 0 Å². The molecule has 0 aliphatic carbocycles. The zero-order valence-corrected chi connectivity index (χ0v) is 12.3. The Morgan fingerprint density at radius 1 is 1.32 bits per heavy atom. The molecule has 0 spiro atoms. The molecule has 0 unspecified atom stereocenters. The Labute approximate surface area is 114 Å². The minimum absolute atomic E-state index is 0.268. The lowest BCUT2D eigenvalue weighted by Gasteiger charge is -2.11. The second-order valence-electron chi connectivity index (χ2n) is 4.72. The summed E-state index contributed by atoms with van der Waals surface area (Å²) >= 11 is 0. The summed E-state index contributed by atoms with van der Waals surface area (Å²) in [6, 6.07) is 3.93. The summed E-state index contributed by atoms with van der Waals surface area (Å²) in [4.78, 5) is -0.305. The van der Waals surface area contributed by atoms with Gasteiger partial charge in [-0.25, -0.2) is 17.5 Å². The van der Waals surface area contributed by atoms with Gasteiger partial charge in [0.1, 0.15) is 10.7 Å². The first-order valence-corrected chi connectivity index (χ1v) is 7.86. The summed E-state index contributed by atoms with van der Waals surface area (Å²) in [6.07, 6.45) is 0.993. The van der Waals surface area contributed by atoms with Crippen LogP contribution < -0.4 is 10.0 Å². The zero-order valence-electron chi connectivity index (χ0n) is 11.5. The summed E-state index contributed by atoms with van der Waals surface area (Å²) in [7, 11) is -3.78. The Morgan fingerprint density at radius 2 is 2.00 bits per heavy atom. The van der Waals surface area contributed by atoms with Crippen LogP contribution in [0.25, 0.3) is 0 Å². The predicted molar refractivity (Wildman–Crippen MR) is 73.9 cm³/mol. The smallest absolute Gasteiger partial charge is 0.243 e. The molecule has 4 nitrogen and oxygen atoms in total. The van der Waals surface area contributed by atoms with Crippen molar-refractivity contribution in [3.8, 4) is 0 Å². The molecule has 0 amide bonds. The standard InChI is InChI=1S/C13H21FN2O2S/c1-4-7-15-9-11-5-6-13(12(14)8-11)19(17,18)16-10(2)3/h5-6,8,10,15-16H,4,7,9H2,1-3H3. The molecule has 1 aromatic carbocycles. The summed E-state index contributed by atoms with van der Waals surface area (Å²) in [5.74, 6) is -0.719. The molecule has 19 heavy (non-hydrogen) atoms. The molecule has 0 saturated carbocycles. The largest absolute Gasteiger partial charge is 0.313 e. The maximum absolute atomic E-state index is 13.9. The first-order valence-electron chi connectivity index (χ1n) is 6.38. The molecule has 0 radical (unpaired) electrons. The third kappa shape index (κ3) is 4.89. The Balaban J connectivity index is 2.88. The summed E-state index contributed by atoms with van der Waals surface area (Å²) < 4.78 is 40.0. The van der Waals surface area contributed by atoms with Crippen LogP contribution in [0.3, 0.4) is 0 Å².